The normalized spacial score (nSPS) is 10.7. The van der Waals surface area contributed by atoms with Crippen LogP contribution in [-0.2, 0) is 14.4 Å². The van der Waals surface area contributed by atoms with Crippen molar-refractivity contribution in [1.29, 1.82) is 0 Å². The van der Waals surface area contributed by atoms with Crippen LogP contribution in [0.1, 0.15) is 0 Å². The molecule has 3 N–H and O–H groups in total. The van der Waals surface area contributed by atoms with E-state index in [-0.39, 0.29) is 11.7 Å². The van der Waals surface area contributed by atoms with Gasteiger partial charge in [0.2, 0.25) is 11.8 Å². The Kier molecular flexibility index (Phi) is 8.01. The maximum Gasteiger partial charge on any atom is 0.328 e. The van der Waals surface area contributed by atoms with E-state index in [0.29, 0.717) is 10.8 Å². The second-order valence-electron chi connectivity index (χ2n) is 6.29. The Balaban J connectivity index is 1.49. The molecule has 0 spiro atoms. The maximum absolute atomic E-state index is 12.3. The summed E-state index contributed by atoms with van der Waals surface area (Å²) in [5.74, 6) is -0.984. The van der Waals surface area contributed by atoms with E-state index in [1.54, 1.807) is 31.4 Å². The zero-order chi connectivity index (χ0) is 22.9. The van der Waals surface area contributed by atoms with Gasteiger partial charge in [0.15, 0.2) is 5.13 Å². The van der Waals surface area contributed by atoms with Crippen molar-refractivity contribution < 1.29 is 24.2 Å². The Morgan fingerprint density at radius 2 is 1.91 bits per heavy atom. The maximum atomic E-state index is 12.3. The lowest BCUT2D eigenvalue weighted by Gasteiger charge is -2.05. The van der Waals surface area contributed by atoms with Crippen LogP contribution in [0.2, 0.25) is 0 Å². The van der Waals surface area contributed by atoms with Gasteiger partial charge >= 0.3 is 5.97 Å². The SMILES string of the molecule is COc1cccc(-c2csc(NC(=O)CSc3ccc(NC(=O)/C=C/C(=O)O)cc3)n2)c1. The molecule has 3 rings (SSSR count). The standard InChI is InChI=1S/C22H19N3O5S2/c1-30-16-4-2-3-14(11-16)18-12-32-22(24-18)25-20(27)13-31-17-7-5-15(6-8-17)23-19(26)9-10-21(28)29/h2-12H,13H2,1H3,(H,23,26)(H,28,29)(H,24,25,27)/b10-9+. The lowest BCUT2D eigenvalue weighted by Crippen LogP contribution is -2.13. The molecule has 1 aromatic heterocycles. The van der Waals surface area contributed by atoms with Crippen molar-refractivity contribution in [2.24, 2.45) is 0 Å². The van der Waals surface area contributed by atoms with Crippen LogP contribution in [-0.4, -0.2) is 40.7 Å². The fraction of sp³-hybridized carbons (Fsp3) is 0.0909. The first-order chi connectivity index (χ1) is 15.4. The first-order valence-corrected chi connectivity index (χ1v) is 11.1. The van der Waals surface area contributed by atoms with E-state index in [1.807, 2.05) is 29.6 Å². The number of nitrogens with zero attached hydrogens (tertiary/aromatic N) is 1. The van der Waals surface area contributed by atoms with Crippen molar-refractivity contribution >= 4 is 51.7 Å². The average molecular weight is 470 g/mol. The van der Waals surface area contributed by atoms with Gasteiger partial charge in [0.05, 0.1) is 18.6 Å². The molecule has 3 aromatic rings. The lowest BCUT2D eigenvalue weighted by atomic mass is 10.2. The summed E-state index contributed by atoms with van der Waals surface area (Å²) < 4.78 is 5.23. The monoisotopic (exact) mass is 469 g/mol. The summed E-state index contributed by atoms with van der Waals surface area (Å²) in [4.78, 5) is 39.6. The molecular formula is C22H19N3O5S2. The molecule has 0 unspecified atom stereocenters. The van der Waals surface area contributed by atoms with Crippen molar-refractivity contribution in [2.75, 3.05) is 23.5 Å². The van der Waals surface area contributed by atoms with Gasteiger partial charge in [0.1, 0.15) is 5.75 Å². The molecular weight excluding hydrogens is 450 g/mol. The summed E-state index contributed by atoms with van der Waals surface area (Å²) in [6.45, 7) is 0. The predicted octanol–water partition coefficient (Wildman–Crippen LogP) is 4.13. The molecule has 0 aliphatic heterocycles. The van der Waals surface area contributed by atoms with Crippen LogP contribution in [0.3, 0.4) is 0 Å². The molecule has 0 radical (unpaired) electrons. The Labute approximate surface area is 192 Å². The summed E-state index contributed by atoms with van der Waals surface area (Å²) in [5, 5.41) is 16.3. The van der Waals surface area contributed by atoms with Crippen molar-refractivity contribution in [1.82, 2.24) is 4.98 Å². The van der Waals surface area contributed by atoms with Crippen molar-refractivity contribution in [3.05, 3.63) is 66.1 Å². The average Bonchev–Trinajstić information content (AvgIpc) is 3.25. The van der Waals surface area contributed by atoms with E-state index in [2.05, 4.69) is 15.6 Å². The molecule has 0 fully saturated rings. The number of carboxylic acid groups (broad SMARTS) is 1. The van der Waals surface area contributed by atoms with Crippen molar-refractivity contribution in [3.8, 4) is 17.0 Å². The minimum Gasteiger partial charge on any atom is -0.497 e. The number of carbonyl (C=O) groups excluding carboxylic acids is 2. The zero-order valence-electron chi connectivity index (χ0n) is 16.9. The van der Waals surface area contributed by atoms with Gasteiger partial charge < -0.3 is 20.5 Å². The highest BCUT2D eigenvalue weighted by Gasteiger charge is 2.10. The molecule has 0 aliphatic rings. The third-order valence-corrected chi connectivity index (χ3v) is 5.75. The second-order valence-corrected chi connectivity index (χ2v) is 8.20. The third kappa shape index (κ3) is 6.96. The number of aromatic nitrogens is 1. The number of anilines is 2. The van der Waals surface area contributed by atoms with Crippen LogP contribution in [0.15, 0.2) is 71.0 Å². The number of benzene rings is 2. The summed E-state index contributed by atoms with van der Waals surface area (Å²) >= 11 is 2.69. The molecule has 164 valence electrons. The van der Waals surface area contributed by atoms with E-state index >= 15 is 0 Å². The van der Waals surface area contributed by atoms with E-state index in [1.165, 1.54) is 23.1 Å². The summed E-state index contributed by atoms with van der Waals surface area (Å²) in [5.41, 5.74) is 2.18. The second kappa shape index (κ2) is 11.1. The highest BCUT2D eigenvalue weighted by Crippen LogP contribution is 2.28. The zero-order valence-corrected chi connectivity index (χ0v) is 18.5. The van der Waals surface area contributed by atoms with Gasteiger partial charge in [0.25, 0.3) is 0 Å². The Morgan fingerprint density at radius 1 is 1.12 bits per heavy atom. The number of thiazole rings is 1. The van der Waals surface area contributed by atoms with Crippen molar-refractivity contribution in [3.63, 3.8) is 0 Å². The molecule has 0 bridgehead atoms. The van der Waals surface area contributed by atoms with Crippen LogP contribution >= 0.6 is 23.1 Å². The predicted molar refractivity (Wildman–Crippen MR) is 125 cm³/mol. The fourth-order valence-corrected chi connectivity index (χ4v) is 3.95. The van der Waals surface area contributed by atoms with Crippen molar-refractivity contribution in [2.45, 2.75) is 4.90 Å². The number of hydrogen-bond donors (Lipinski definition) is 3. The summed E-state index contributed by atoms with van der Waals surface area (Å²) in [7, 11) is 1.60. The van der Waals surface area contributed by atoms with Gasteiger partial charge in [-0.3, -0.25) is 9.59 Å². The molecule has 2 amide bonds. The quantitative estimate of drug-likeness (QED) is 0.319. The minimum atomic E-state index is -1.19. The highest BCUT2D eigenvalue weighted by atomic mass is 32.2. The molecule has 0 saturated carbocycles. The number of hydrogen-bond acceptors (Lipinski definition) is 7. The van der Waals surface area contributed by atoms with Gasteiger partial charge in [-0.25, -0.2) is 9.78 Å². The number of amides is 2. The summed E-state index contributed by atoms with van der Waals surface area (Å²) in [6.07, 6.45) is 1.70. The Bertz CT molecular complexity index is 1140. The van der Waals surface area contributed by atoms with Crippen LogP contribution in [0.4, 0.5) is 10.8 Å². The largest absolute Gasteiger partial charge is 0.497 e. The number of thioether (sulfide) groups is 1. The number of ether oxygens (including phenoxy) is 1. The number of carbonyl (C=O) groups is 3. The first-order valence-electron chi connectivity index (χ1n) is 9.27. The van der Waals surface area contributed by atoms with Crippen LogP contribution in [0.5, 0.6) is 5.75 Å². The molecule has 0 saturated heterocycles. The fourth-order valence-electron chi connectivity index (χ4n) is 2.52. The van der Waals surface area contributed by atoms with E-state index < -0.39 is 11.9 Å². The molecule has 1 heterocycles. The van der Waals surface area contributed by atoms with E-state index in [9.17, 15) is 14.4 Å². The minimum absolute atomic E-state index is 0.183. The number of methoxy groups -OCH3 is 1. The van der Waals surface area contributed by atoms with Gasteiger partial charge in [-0.05, 0) is 36.4 Å². The third-order valence-electron chi connectivity index (χ3n) is 3.99. The Hall–Kier alpha value is -3.63. The molecule has 0 aliphatic carbocycles. The molecule has 0 atom stereocenters. The number of nitrogens with one attached hydrogen (secondary N) is 2. The Morgan fingerprint density at radius 3 is 2.62 bits per heavy atom. The highest BCUT2D eigenvalue weighted by molar-refractivity contribution is 8.00. The molecule has 32 heavy (non-hydrogen) atoms. The topological polar surface area (TPSA) is 118 Å². The smallest absolute Gasteiger partial charge is 0.328 e. The number of carboxylic acids is 1. The van der Waals surface area contributed by atoms with Gasteiger partial charge in [0, 0.05) is 33.7 Å². The van der Waals surface area contributed by atoms with Crippen LogP contribution in [0, 0.1) is 0 Å². The van der Waals surface area contributed by atoms with E-state index in [0.717, 1.165) is 34.1 Å². The van der Waals surface area contributed by atoms with Crippen LogP contribution in [0.25, 0.3) is 11.3 Å². The van der Waals surface area contributed by atoms with Gasteiger partial charge in [-0.1, -0.05) is 12.1 Å². The summed E-state index contributed by atoms with van der Waals surface area (Å²) in [6, 6.07) is 14.4. The molecule has 2 aromatic carbocycles. The van der Waals surface area contributed by atoms with Gasteiger partial charge in [-0.2, -0.15) is 0 Å². The van der Waals surface area contributed by atoms with Crippen LogP contribution < -0.4 is 15.4 Å². The number of aliphatic carboxylic acids is 1. The van der Waals surface area contributed by atoms with Gasteiger partial charge in [-0.15, -0.1) is 23.1 Å². The lowest BCUT2D eigenvalue weighted by molar-refractivity contribution is -0.131. The molecule has 8 nitrogen and oxygen atoms in total. The first kappa shape index (κ1) is 23.0. The molecule has 10 heteroatoms. The van der Waals surface area contributed by atoms with E-state index in [4.69, 9.17) is 9.84 Å². The number of rotatable bonds is 9.